The third-order valence-electron chi connectivity index (χ3n) is 14.4. The highest BCUT2D eigenvalue weighted by Crippen LogP contribution is 2.92. The average molecular weight is 704 g/mol. The summed E-state index contributed by atoms with van der Waals surface area (Å²) in [5.41, 5.74) is 4.19. The number of carbonyl (C=O) groups is 6. The zero-order valence-corrected chi connectivity index (χ0v) is 30.5. The molecule has 1 aromatic heterocycles. The van der Waals surface area contributed by atoms with E-state index in [1.165, 1.54) is 18.6 Å². The van der Waals surface area contributed by atoms with Crippen molar-refractivity contribution >= 4 is 35.3 Å². The minimum atomic E-state index is -1.09. The normalized spacial score (nSPS) is 36.0. The molecule has 4 heterocycles. The van der Waals surface area contributed by atoms with Crippen LogP contribution in [0.2, 0.25) is 0 Å². The Labute approximate surface area is 299 Å². The van der Waals surface area contributed by atoms with Crippen molar-refractivity contribution in [2.24, 2.45) is 44.6 Å². The fraction of sp³-hybridized carbons (Fsp3) is 0.737. The number of hydrogen-bond donors (Lipinski definition) is 4. The predicted octanol–water partition coefficient (Wildman–Crippen LogP) is 2.43. The number of amides is 5. The van der Waals surface area contributed by atoms with Crippen LogP contribution in [0.5, 0.6) is 0 Å². The zero-order chi connectivity index (χ0) is 36.7. The lowest BCUT2D eigenvalue weighted by Crippen LogP contribution is -2.62. The summed E-state index contributed by atoms with van der Waals surface area (Å²) in [6.45, 7) is 10.5. The Balaban J connectivity index is 1.25. The lowest BCUT2D eigenvalue weighted by Gasteiger charge is -2.56. The lowest BCUT2D eigenvalue weighted by atomic mass is 9.49. The molecular weight excluding hydrogens is 650 g/mol. The molecule has 6 atom stereocenters. The van der Waals surface area contributed by atoms with Crippen LogP contribution in [0, 0.1) is 38.9 Å². The first kappa shape index (κ1) is 35.5. The van der Waals surface area contributed by atoms with Crippen LogP contribution in [0.25, 0.3) is 0 Å². The third kappa shape index (κ3) is 5.55. The Kier molecular flexibility index (Phi) is 8.41. The third-order valence-corrected chi connectivity index (χ3v) is 14.4. The first-order valence-electron chi connectivity index (χ1n) is 18.8. The minimum absolute atomic E-state index is 0.00601. The highest BCUT2D eigenvalue weighted by Gasteiger charge is 2.88. The van der Waals surface area contributed by atoms with Crippen molar-refractivity contribution in [2.45, 2.75) is 129 Å². The van der Waals surface area contributed by atoms with Crippen LogP contribution in [-0.4, -0.2) is 80.9 Å². The highest BCUT2D eigenvalue weighted by molar-refractivity contribution is 6.37. The van der Waals surface area contributed by atoms with Crippen molar-refractivity contribution in [1.29, 1.82) is 0 Å². The molecule has 1 aromatic rings. The summed E-state index contributed by atoms with van der Waals surface area (Å²) in [6, 6.07) is -3.86. The first-order valence-corrected chi connectivity index (χ1v) is 18.8. The summed E-state index contributed by atoms with van der Waals surface area (Å²) in [6.07, 6.45) is 13.3. The van der Waals surface area contributed by atoms with Gasteiger partial charge in [0.1, 0.15) is 23.8 Å². The maximum absolute atomic E-state index is 14.9. The van der Waals surface area contributed by atoms with Gasteiger partial charge in [0.25, 0.3) is 11.8 Å². The highest BCUT2D eigenvalue weighted by atomic mass is 16.2. The van der Waals surface area contributed by atoms with Crippen LogP contribution in [0.15, 0.2) is 18.6 Å². The van der Waals surface area contributed by atoms with Gasteiger partial charge in [0.2, 0.25) is 23.5 Å². The summed E-state index contributed by atoms with van der Waals surface area (Å²) < 4.78 is 0. The molecule has 5 amide bonds. The molecule has 5 bridgehead atoms. The predicted molar refractivity (Wildman–Crippen MR) is 185 cm³/mol. The molecule has 7 fully saturated rings. The Morgan fingerprint density at radius 1 is 1.04 bits per heavy atom. The number of carbonyl (C=O) groups excluding carboxylic acids is 6. The van der Waals surface area contributed by atoms with Crippen LogP contribution in [0.3, 0.4) is 0 Å². The molecule has 4 saturated carbocycles. The van der Waals surface area contributed by atoms with Crippen molar-refractivity contribution in [3.8, 4) is 0 Å². The van der Waals surface area contributed by atoms with Crippen molar-refractivity contribution in [1.82, 2.24) is 30.8 Å². The summed E-state index contributed by atoms with van der Waals surface area (Å²) in [5.74, 6) is -3.61. The lowest BCUT2D eigenvalue weighted by molar-refractivity contribution is -0.145. The molecule has 0 radical (unpaired) electrons. The van der Waals surface area contributed by atoms with E-state index in [0.717, 1.165) is 57.8 Å². The standard InChI is InChI=1S/C38H53N7O6/c1-34(2,3)28-33(51)45-20-37(16-25(45)31(49)42-23(27(46)29(39)47)14-21-8-6-9-21)35(4,5)38(37)18-36(19-38)11-7-10-22(15-36)26(32(50)44-28)43-30(48)24-17-40-12-13-41-24/h12-13,17,21-23,25-26,28H,6-11,14-16,18-20H2,1-5H3,(H2,39,47)(H,42,49)(H,43,48)(H,44,50)/t22?,23?,25-,26-,28?,36?,37+,38?/m0/s1. The average Bonchev–Trinajstić information content (AvgIpc) is 3.29. The van der Waals surface area contributed by atoms with E-state index in [-0.39, 0.29) is 45.1 Å². The quantitative estimate of drug-likeness (QED) is 0.297. The molecule has 0 aromatic carbocycles. The van der Waals surface area contributed by atoms with Crippen LogP contribution in [-0.2, 0) is 24.0 Å². The van der Waals surface area contributed by atoms with Gasteiger partial charge in [-0.3, -0.25) is 33.8 Å². The number of primary amides is 1. The van der Waals surface area contributed by atoms with Crippen LogP contribution in [0.1, 0.15) is 116 Å². The van der Waals surface area contributed by atoms with Gasteiger partial charge in [0.05, 0.1) is 12.2 Å². The number of Topliss-reactive ketones (excluding diaryl/α,β-unsaturated/α-hetero) is 1. The van der Waals surface area contributed by atoms with E-state index in [1.807, 2.05) is 20.8 Å². The molecule has 5 N–H and O–H groups in total. The summed E-state index contributed by atoms with van der Waals surface area (Å²) in [5, 5.41) is 8.91. The van der Waals surface area contributed by atoms with Gasteiger partial charge in [0.15, 0.2) is 0 Å². The molecule has 3 unspecified atom stereocenters. The molecule has 4 aliphatic carbocycles. The first-order chi connectivity index (χ1) is 23.9. The van der Waals surface area contributed by atoms with Gasteiger partial charge in [0, 0.05) is 24.4 Å². The maximum Gasteiger partial charge on any atom is 0.287 e. The maximum atomic E-state index is 14.9. The van der Waals surface area contributed by atoms with Gasteiger partial charge in [-0.1, -0.05) is 60.3 Å². The molecule has 7 aliphatic rings. The van der Waals surface area contributed by atoms with E-state index < -0.39 is 59.0 Å². The Bertz CT molecular complexity index is 1640. The Morgan fingerprint density at radius 2 is 1.76 bits per heavy atom. The van der Waals surface area contributed by atoms with E-state index in [1.54, 1.807) is 4.90 Å². The van der Waals surface area contributed by atoms with Gasteiger partial charge in [-0.15, -0.1) is 0 Å². The van der Waals surface area contributed by atoms with Gasteiger partial charge in [-0.05, 0) is 78.4 Å². The van der Waals surface area contributed by atoms with E-state index in [9.17, 15) is 28.8 Å². The smallest absolute Gasteiger partial charge is 0.287 e. The fourth-order valence-corrected chi connectivity index (χ4v) is 11.4. The number of hydrogen-bond acceptors (Lipinski definition) is 8. The van der Waals surface area contributed by atoms with Gasteiger partial charge >= 0.3 is 0 Å². The van der Waals surface area contributed by atoms with Gasteiger partial charge in [-0.25, -0.2) is 4.98 Å². The second-order valence-electron chi connectivity index (χ2n) is 18.4. The van der Waals surface area contributed by atoms with E-state index in [0.29, 0.717) is 19.4 Å². The molecule has 276 valence electrons. The number of rotatable bonds is 8. The summed E-state index contributed by atoms with van der Waals surface area (Å²) in [7, 11) is 0. The monoisotopic (exact) mass is 703 g/mol. The van der Waals surface area contributed by atoms with E-state index >= 15 is 0 Å². The van der Waals surface area contributed by atoms with Gasteiger partial charge in [-0.2, -0.15) is 0 Å². The summed E-state index contributed by atoms with van der Waals surface area (Å²) in [4.78, 5) is 92.0. The van der Waals surface area contributed by atoms with Crippen molar-refractivity contribution in [2.75, 3.05) is 6.54 Å². The molecule has 13 heteroatoms. The number of ketones is 1. The van der Waals surface area contributed by atoms with Crippen molar-refractivity contribution in [3.05, 3.63) is 24.3 Å². The van der Waals surface area contributed by atoms with Crippen LogP contribution in [0.4, 0.5) is 0 Å². The number of aromatic nitrogens is 2. The number of nitrogens with one attached hydrogen (secondary N) is 3. The molecule has 13 nitrogen and oxygen atoms in total. The van der Waals surface area contributed by atoms with Crippen LogP contribution >= 0.6 is 0 Å². The second-order valence-corrected chi connectivity index (χ2v) is 18.4. The Hall–Kier alpha value is -3.90. The minimum Gasteiger partial charge on any atom is -0.363 e. The topological polar surface area (TPSA) is 194 Å². The van der Waals surface area contributed by atoms with E-state index in [2.05, 4.69) is 39.8 Å². The SMILES string of the molecule is CC(C)(C)C1NC(=O)[C@@H](NC(=O)c2cnccn2)C2CCCC3(C2)CC2(C3)C(C)(C)[C@]23C[C@@H](C(=O)NC(CC2CCC2)C(=O)C(N)=O)N(C3)C1=O. The molecule has 3 aliphatic heterocycles. The van der Waals surface area contributed by atoms with E-state index in [4.69, 9.17) is 5.73 Å². The fourth-order valence-electron chi connectivity index (χ4n) is 11.4. The summed E-state index contributed by atoms with van der Waals surface area (Å²) >= 11 is 0. The molecule has 3 spiro atoms. The Morgan fingerprint density at radius 3 is 2.37 bits per heavy atom. The number of nitrogens with two attached hydrogens (primary N) is 1. The van der Waals surface area contributed by atoms with Gasteiger partial charge < -0.3 is 26.6 Å². The van der Waals surface area contributed by atoms with Crippen molar-refractivity contribution < 1.29 is 28.8 Å². The second kappa shape index (κ2) is 12.1. The molecule has 3 saturated heterocycles. The van der Waals surface area contributed by atoms with Crippen LogP contribution < -0.4 is 21.7 Å². The molecule has 8 rings (SSSR count). The number of nitrogens with zero attached hydrogens (tertiary/aromatic N) is 3. The zero-order valence-electron chi connectivity index (χ0n) is 30.5. The number of fused-ring (bicyclic) bond motifs is 4. The van der Waals surface area contributed by atoms with Crippen molar-refractivity contribution in [3.63, 3.8) is 0 Å². The molecular formula is C38H53N7O6. The largest absolute Gasteiger partial charge is 0.363 e. The molecule has 51 heavy (non-hydrogen) atoms.